The van der Waals surface area contributed by atoms with Gasteiger partial charge >= 0.3 is 0 Å². The van der Waals surface area contributed by atoms with E-state index in [-0.39, 0.29) is 18.1 Å². The van der Waals surface area contributed by atoms with Crippen LogP contribution in [0.15, 0.2) is 36.8 Å². The summed E-state index contributed by atoms with van der Waals surface area (Å²) >= 11 is 0. The molecule has 0 aliphatic carbocycles. The van der Waals surface area contributed by atoms with Gasteiger partial charge in [0.25, 0.3) is 5.91 Å². The monoisotopic (exact) mass is 302 g/mol. The number of H-pyrrole nitrogens is 1. The lowest BCUT2D eigenvalue weighted by Crippen LogP contribution is -2.49. The summed E-state index contributed by atoms with van der Waals surface area (Å²) in [6.07, 6.45) is 5.33. The van der Waals surface area contributed by atoms with Crippen LogP contribution in [0.2, 0.25) is 0 Å². The van der Waals surface area contributed by atoms with Crippen molar-refractivity contribution >= 4 is 5.91 Å². The molecule has 2 aromatic heterocycles. The van der Waals surface area contributed by atoms with E-state index in [4.69, 9.17) is 9.47 Å². The minimum Gasteiger partial charge on any atom is -0.379 e. The van der Waals surface area contributed by atoms with E-state index in [1.165, 1.54) is 6.20 Å². The number of amides is 1. The summed E-state index contributed by atoms with van der Waals surface area (Å²) in [5.41, 5.74) is 1.36. The Bertz CT molecular complexity index is 588. The van der Waals surface area contributed by atoms with Gasteiger partial charge in [0.05, 0.1) is 36.7 Å². The maximum atomic E-state index is 12.1. The zero-order chi connectivity index (χ0) is 15.2. The number of hydrogen-bond donors (Lipinski definition) is 2. The van der Waals surface area contributed by atoms with E-state index < -0.39 is 0 Å². The zero-order valence-electron chi connectivity index (χ0n) is 12.1. The molecule has 1 aliphatic heterocycles. The van der Waals surface area contributed by atoms with Crippen LogP contribution in [-0.4, -0.2) is 46.4 Å². The molecule has 0 unspecified atom stereocenters. The SMILES string of the molecule is O=C(N[C@@H]1CCOC[C@H]1OCc1ccccn1)c1cn[nH]c1. The second kappa shape index (κ2) is 7.15. The molecule has 0 bridgehead atoms. The van der Waals surface area contributed by atoms with Gasteiger partial charge in [-0.25, -0.2) is 0 Å². The van der Waals surface area contributed by atoms with Crippen molar-refractivity contribution < 1.29 is 14.3 Å². The third-order valence-corrected chi connectivity index (χ3v) is 3.55. The first kappa shape index (κ1) is 14.7. The summed E-state index contributed by atoms with van der Waals surface area (Å²) in [7, 11) is 0. The lowest BCUT2D eigenvalue weighted by atomic mass is 10.1. The second-order valence-electron chi connectivity index (χ2n) is 5.10. The molecule has 1 amide bonds. The van der Waals surface area contributed by atoms with Gasteiger partial charge in [-0.05, 0) is 18.6 Å². The Morgan fingerprint density at radius 3 is 3.23 bits per heavy atom. The number of aromatic amines is 1. The Hall–Kier alpha value is -2.25. The fraction of sp³-hybridized carbons (Fsp3) is 0.400. The first-order valence-electron chi connectivity index (χ1n) is 7.22. The molecule has 22 heavy (non-hydrogen) atoms. The molecule has 1 fully saturated rings. The average Bonchev–Trinajstić information content (AvgIpc) is 3.10. The highest BCUT2D eigenvalue weighted by molar-refractivity contribution is 5.93. The normalized spacial score (nSPS) is 21.5. The molecular weight excluding hydrogens is 284 g/mol. The molecule has 1 aliphatic rings. The first-order valence-corrected chi connectivity index (χ1v) is 7.22. The molecule has 7 heteroatoms. The highest BCUT2D eigenvalue weighted by atomic mass is 16.5. The molecule has 0 spiro atoms. The van der Waals surface area contributed by atoms with Crippen LogP contribution >= 0.6 is 0 Å². The van der Waals surface area contributed by atoms with Crippen molar-refractivity contribution in [2.75, 3.05) is 13.2 Å². The van der Waals surface area contributed by atoms with Gasteiger partial charge < -0.3 is 14.8 Å². The number of aromatic nitrogens is 3. The fourth-order valence-corrected chi connectivity index (χ4v) is 2.34. The number of nitrogens with one attached hydrogen (secondary N) is 2. The second-order valence-corrected chi connectivity index (χ2v) is 5.10. The first-order chi connectivity index (χ1) is 10.8. The predicted molar refractivity (Wildman–Crippen MR) is 78.1 cm³/mol. The van der Waals surface area contributed by atoms with E-state index in [1.54, 1.807) is 12.4 Å². The third kappa shape index (κ3) is 3.69. The van der Waals surface area contributed by atoms with Crippen LogP contribution in [0.4, 0.5) is 0 Å². The Labute approximate surface area is 128 Å². The van der Waals surface area contributed by atoms with Gasteiger partial charge in [0, 0.05) is 19.0 Å². The van der Waals surface area contributed by atoms with E-state index in [0.29, 0.717) is 25.4 Å². The van der Waals surface area contributed by atoms with Gasteiger partial charge in [0.1, 0.15) is 6.10 Å². The van der Waals surface area contributed by atoms with Crippen LogP contribution in [-0.2, 0) is 16.1 Å². The van der Waals surface area contributed by atoms with Crippen molar-refractivity contribution in [3.63, 3.8) is 0 Å². The van der Waals surface area contributed by atoms with Crippen LogP contribution in [0.25, 0.3) is 0 Å². The highest BCUT2D eigenvalue weighted by Crippen LogP contribution is 2.14. The molecule has 0 radical (unpaired) electrons. The van der Waals surface area contributed by atoms with Gasteiger partial charge in [-0.2, -0.15) is 5.10 Å². The van der Waals surface area contributed by atoms with Gasteiger partial charge in [0.2, 0.25) is 0 Å². The third-order valence-electron chi connectivity index (χ3n) is 3.55. The maximum absolute atomic E-state index is 12.1. The van der Waals surface area contributed by atoms with E-state index in [1.807, 2.05) is 18.2 Å². The zero-order valence-corrected chi connectivity index (χ0v) is 12.1. The van der Waals surface area contributed by atoms with E-state index in [9.17, 15) is 4.79 Å². The van der Waals surface area contributed by atoms with Crippen molar-refractivity contribution in [1.29, 1.82) is 0 Å². The number of carbonyl (C=O) groups is 1. The summed E-state index contributed by atoms with van der Waals surface area (Å²) in [4.78, 5) is 16.3. The largest absolute Gasteiger partial charge is 0.379 e. The lowest BCUT2D eigenvalue weighted by molar-refractivity contribution is -0.0743. The highest BCUT2D eigenvalue weighted by Gasteiger charge is 2.28. The fourth-order valence-electron chi connectivity index (χ4n) is 2.34. The summed E-state index contributed by atoms with van der Waals surface area (Å²) in [5, 5.41) is 9.40. The molecule has 2 N–H and O–H groups in total. The van der Waals surface area contributed by atoms with Crippen molar-refractivity contribution in [2.45, 2.75) is 25.2 Å². The number of nitrogens with zero attached hydrogens (tertiary/aromatic N) is 2. The van der Waals surface area contributed by atoms with E-state index >= 15 is 0 Å². The van der Waals surface area contributed by atoms with Crippen LogP contribution in [0.3, 0.4) is 0 Å². The Balaban J connectivity index is 1.57. The molecule has 116 valence electrons. The standard InChI is InChI=1S/C15H18N4O3/c20-15(11-7-17-18-8-11)19-13-4-6-21-10-14(13)22-9-12-3-1-2-5-16-12/h1-3,5,7-8,13-14H,4,6,9-10H2,(H,17,18)(H,19,20)/t13-,14-/m1/s1. The Kier molecular flexibility index (Phi) is 4.77. The van der Waals surface area contributed by atoms with E-state index in [0.717, 1.165) is 12.1 Å². The van der Waals surface area contributed by atoms with Crippen LogP contribution in [0.1, 0.15) is 22.5 Å². The minimum atomic E-state index is -0.188. The summed E-state index contributed by atoms with van der Waals surface area (Å²) in [6.45, 7) is 1.47. The number of carbonyl (C=O) groups excluding carboxylic acids is 1. The minimum absolute atomic E-state index is 0.0835. The molecule has 3 heterocycles. The molecule has 2 atom stereocenters. The van der Waals surface area contributed by atoms with Crippen molar-refractivity contribution in [3.05, 3.63) is 48.0 Å². The summed E-state index contributed by atoms with van der Waals surface area (Å²) < 4.78 is 11.3. The quantitative estimate of drug-likeness (QED) is 0.857. The van der Waals surface area contributed by atoms with Crippen LogP contribution in [0, 0.1) is 0 Å². The van der Waals surface area contributed by atoms with Gasteiger partial charge in [-0.15, -0.1) is 0 Å². The van der Waals surface area contributed by atoms with Crippen LogP contribution in [0.5, 0.6) is 0 Å². The van der Waals surface area contributed by atoms with Gasteiger partial charge in [-0.3, -0.25) is 14.9 Å². The maximum Gasteiger partial charge on any atom is 0.254 e. The molecule has 7 nitrogen and oxygen atoms in total. The number of hydrogen-bond acceptors (Lipinski definition) is 5. The Morgan fingerprint density at radius 2 is 2.45 bits per heavy atom. The molecule has 0 aromatic carbocycles. The van der Waals surface area contributed by atoms with Crippen molar-refractivity contribution in [2.24, 2.45) is 0 Å². The topological polar surface area (TPSA) is 89.1 Å². The average molecular weight is 302 g/mol. The molecule has 0 saturated carbocycles. The molecule has 2 aromatic rings. The number of rotatable bonds is 5. The number of pyridine rings is 1. The van der Waals surface area contributed by atoms with Crippen LogP contribution < -0.4 is 5.32 Å². The number of ether oxygens (including phenoxy) is 2. The van der Waals surface area contributed by atoms with Crippen molar-refractivity contribution in [3.8, 4) is 0 Å². The smallest absolute Gasteiger partial charge is 0.254 e. The van der Waals surface area contributed by atoms with Gasteiger partial charge in [0.15, 0.2) is 0 Å². The van der Waals surface area contributed by atoms with E-state index in [2.05, 4.69) is 20.5 Å². The Morgan fingerprint density at radius 1 is 1.50 bits per heavy atom. The van der Waals surface area contributed by atoms with Gasteiger partial charge in [-0.1, -0.05) is 6.07 Å². The molecule has 3 rings (SSSR count). The summed E-state index contributed by atoms with van der Waals surface area (Å²) in [6, 6.07) is 5.60. The molecular formula is C15H18N4O3. The predicted octanol–water partition coefficient (Wildman–Crippen LogP) is 0.909. The molecule has 1 saturated heterocycles. The summed E-state index contributed by atoms with van der Waals surface area (Å²) in [5.74, 6) is -0.160. The lowest BCUT2D eigenvalue weighted by Gasteiger charge is -2.31. The van der Waals surface area contributed by atoms with Crippen molar-refractivity contribution in [1.82, 2.24) is 20.5 Å².